The first-order chi connectivity index (χ1) is 18.9. The molecule has 1 aliphatic rings. The van der Waals surface area contributed by atoms with Crippen molar-refractivity contribution in [3.8, 4) is 16.9 Å². The molecule has 202 valence electrons. The van der Waals surface area contributed by atoms with Crippen LogP contribution in [0.3, 0.4) is 0 Å². The molecule has 4 aromatic rings. The molecule has 39 heavy (non-hydrogen) atoms. The Bertz CT molecular complexity index is 1480. The summed E-state index contributed by atoms with van der Waals surface area (Å²) in [4.78, 5) is 29.6. The van der Waals surface area contributed by atoms with Crippen molar-refractivity contribution in [3.05, 3.63) is 88.3 Å². The number of hydrogen-bond donors (Lipinski definition) is 1. The van der Waals surface area contributed by atoms with E-state index in [4.69, 9.17) is 16.3 Å². The molecule has 0 spiro atoms. The maximum absolute atomic E-state index is 14.2. The fourth-order valence-electron chi connectivity index (χ4n) is 5.46. The topological polar surface area (TPSA) is 70.1 Å². The second-order valence-electron chi connectivity index (χ2n) is 9.92. The van der Waals surface area contributed by atoms with Crippen LogP contribution in [-0.2, 0) is 6.54 Å². The highest BCUT2D eigenvalue weighted by atomic mass is 35.5. The van der Waals surface area contributed by atoms with Crippen LogP contribution >= 0.6 is 22.9 Å². The van der Waals surface area contributed by atoms with Crippen LogP contribution in [0.4, 0.5) is 4.79 Å². The first-order valence-electron chi connectivity index (χ1n) is 13.0. The zero-order chi connectivity index (χ0) is 27.5. The summed E-state index contributed by atoms with van der Waals surface area (Å²) in [6.45, 7) is 0.358. The Morgan fingerprint density at radius 3 is 2.28 bits per heavy atom. The number of carbonyl (C=O) groups is 2. The fraction of sp³-hybridized carbons (Fsp3) is 0.290. The Hall–Kier alpha value is -3.55. The third-order valence-corrected chi connectivity index (χ3v) is 9.34. The highest BCUT2D eigenvalue weighted by molar-refractivity contribution is 7.21. The van der Waals surface area contributed by atoms with E-state index in [1.165, 1.54) is 16.2 Å². The average molecular weight is 563 g/mol. The largest absolute Gasteiger partial charge is 0.496 e. The maximum Gasteiger partial charge on any atom is 0.407 e. The van der Waals surface area contributed by atoms with Crippen molar-refractivity contribution in [2.24, 2.45) is 0 Å². The van der Waals surface area contributed by atoms with Gasteiger partial charge in [-0.15, -0.1) is 11.3 Å². The molecule has 1 saturated carbocycles. The first-order valence-corrected chi connectivity index (χ1v) is 14.2. The summed E-state index contributed by atoms with van der Waals surface area (Å²) in [6, 6.07) is 23.9. The van der Waals surface area contributed by atoms with E-state index in [1.54, 1.807) is 14.2 Å². The molecule has 1 N–H and O–H groups in total. The highest BCUT2D eigenvalue weighted by Gasteiger charge is 2.34. The minimum Gasteiger partial charge on any atom is -0.496 e. The summed E-state index contributed by atoms with van der Waals surface area (Å²) in [5.41, 5.74) is 3.05. The number of carbonyl (C=O) groups excluding carboxylic acids is 1. The summed E-state index contributed by atoms with van der Waals surface area (Å²) < 4.78 is 6.70. The third kappa shape index (κ3) is 5.60. The third-order valence-electron chi connectivity index (χ3n) is 7.67. The second kappa shape index (κ2) is 11.7. The molecule has 0 aliphatic heterocycles. The Morgan fingerprint density at radius 2 is 1.62 bits per heavy atom. The summed E-state index contributed by atoms with van der Waals surface area (Å²) >= 11 is 8.18. The van der Waals surface area contributed by atoms with E-state index in [9.17, 15) is 14.7 Å². The van der Waals surface area contributed by atoms with Gasteiger partial charge in [-0.1, -0.05) is 66.2 Å². The molecule has 0 bridgehead atoms. The van der Waals surface area contributed by atoms with Crippen molar-refractivity contribution in [3.63, 3.8) is 0 Å². The van der Waals surface area contributed by atoms with Gasteiger partial charge in [-0.05, 0) is 55.0 Å². The lowest BCUT2D eigenvalue weighted by atomic mass is 9.89. The number of fused-ring (bicyclic) bond motifs is 1. The van der Waals surface area contributed by atoms with Gasteiger partial charge in [0.1, 0.15) is 10.6 Å². The molecule has 5 rings (SSSR count). The van der Waals surface area contributed by atoms with Crippen molar-refractivity contribution < 1.29 is 19.4 Å². The predicted octanol–water partition coefficient (Wildman–Crippen LogP) is 7.79. The molecule has 2 amide bonds. The monoisotopic (exact) mass is 562 g/mol. The van der Waals surface area contributed by atoms with Gasteiger partial charge in [-0.25, -0.2) is 4.79 Å². The van der Waals surface area contributed by atoms with E-state index in [0.717, 1.165) is 26.8 Å². The number of nitrogens with zero attached hydrogens (tertiary/aromatic N) is 2. The van der Waals surface area contributed by atoms with Crippen LogP contribution in [-0.4, -0.2) is 53.1 Å². The number of thiophene rings is 1. The minimum atomic E-state index is -0.925. The molecule has 1 fully saturated rings. The molecular weight excluding hydrogens is 532 g/mol. The number of hydrogen-bond acceptors (Lipinski definition) is 4. The maximum atomic E-state index is 14.2. The van der Waals surface area contributed by atoms with Gasteiger partial charge in [0, 0.05) is 41.3 Å². The van der Waals surface area contributed by atoms with Crippen LogP contribution in [0.5, 0.6) is 5.75 Å². The second-order valence-corrected chi connectivity index (χ2v) is 11.4. The lowest BCUT2D eigenvalue weighted by molar-refractivity contribution is 0.0555. The van der Waals surface area contributed by atoms with E-state index in [0.29, 0.717) is 47.9 Å². The van der Waals surface area contributed by atoms with E-state index in [1.807, 2.05) is 59.5 Å². The normalized spacial score (nSPS) is 17.1. The first kappa shape index (κ1) is 27.0. The van der Waals surface area contributed by atoms with Gasteiger partial charge in [-0.2, -0.15) is 0 Å². The summed E-state index contributed by atoms with van der Waals surface area (Å²) in [6.07, 6.45) is 1.87. The van der Waals surface area contributed by atoms with Crippen LogP contribution in [0.25, 0.3) is 21.2 Å². The van der Waals surface area contributed by atoms with Crippen LogP contribution in [0, 0.1) is 0 Å². The standard InChI is InChI=1S/C31H31ClN2O4S/c1-33(31(36)37)23-13-15-24(16-14-23)34(30(35)29-28(32)25-10-6-7-11-27(25)39-29)19-22-18-21(12-17-26(22)38-2)20-8-4-3-5-9-20/h3-12,17-18,23-24H,13-16,19H2,1-2H3,(H,36,37). The number of benzene rings is 3. The van der Waals surface area contributed by atoms with Crippen molar-refractivity contribution in [1.82, 2.24) is 9.80 Å². The zero-order valence-electron chi connectivity index (χ0n) is 22.0. The minimum absolute atomic E-state index is 0.0534. The highest BCUT2D eigenvalue weighted by Crippen LogP contribution is 2.38. The smallest absolute Gasteiger partial charge is 0.407 e. The fourth-order valence-corrected chi connectivity index (χ4v) is 6.93. The summed E-state index contributed by atoms with van der Waals surface area (Å²) in [7, 11) is 3.26. The quantitative estimate of drug-likeness (QED) is 0.249. The Kier molecular flexibility index (Phi) is 8.10. The van der Waals surface area contributed by atoms with Gasteiger partial charge in [0.25, 0.3) is 5.91 Å². The van der Waals surface area contributed by atoms with Crippen LogP contribution in [0.15, 0.2) is 72.8 Å². The Labute approximate surface area is 237 Å². The molecule has 1 heterocycles. The average Bonchev–Trinajstić information content (AvgIpc) is 3.32. The number of halogens is 1. The molecule has 3 aromatic carbocycles. The summed E-state index contributed by atoms with van der Waals surface area (Å²) in [5, 5.41) is 10.8. The van der Waals surface area contributed by atoms with Gasteiger partial charge in [0.15, 0.2) is 0 Å². The van der Waals surface area contributed by atoms with Gasteiger partial charge < -0.3 is 19.6 Å². The molecule has 0 atom stereocenters. The molecule has 1 aromatic heterocycles. The molecular formula is C31H31ClN2O4S. The molecule has 6 nitrogen and oxygen atoms in total. The molecule has 0 unspecified atom stereocenters. The zero-order valence-corrected chi connectivity index (χ0v) is 23.5. The number of methoxy groups -OCH3 is 1. The number of ether oxygens (including phenoxy) is 1. The van der Waals surface area contributed by atoms with Crippen molar-refractivity contribution in [2.75, 3.05) is 14.2 Å². The summed E-state index contributed by atoms with van der Waals surface area (Å²) in [5.74, 6) is 0.609. The Balaban J connectivity index is 1.50. The predicted molar refractivity (Wildman–Crippen MR) is 157 cm³/mol. The number of amides is 2. The van der Waals surface area contributed by atoms with Crippen LogP contribution < -0.4 is 4.74 Å². The van der Waals surface area contributed by atoms with Gasteiger partial charge >= 0.3 is 6.09 Å². The van der Waals surface area contributed by atoms with Crippen molar-refractivity contribution in [2.45, 2.75) is 44.3 Å². The van der Waals surface area contributed by atoms with Gasteiger partial charge in [-0.3, -0.25) is 4.79 Å². The van der Waals surface area contributed by atoms with Crippen LogP contribution in [0.1, 0.15) is 40.9 Å². The van der Waals surface area contributed by atoms with Crippen molar-refractivity contribution in [1.29, 1.82) is 0 Å². The molecule has 1 aliphatic carbocycles. The van der Waals surface area contributed by atoms with Crippen molar-refractivity contribution >= 4 is 45.0 Å². The van der Waals surface area contributed by atoms with Gasteiger partial charge in [0.2, 0.25) is 0 Å². The lowest BCUT2D eigenvalue weighted by Crippen LogP contribution is -2.46. The lowest BCUT2D eigenvalue weighted by Gasteiger charge is -2.39. The van der Waals surface area contributed by atoms with E-state index in [-0.39, 0.29) is 18.0 Å². The van der Waals surface area contributed by atoms with E-state index >= 15 is 0 Å². The SMILES string of the molecule is COc1ccc(-c2ccccc2)cc1CN(C(=O)c1sc2ccccc2c1Cl)C1CCC(N(C)C(=O)O)CC1. The Morgan fingerprint density at radius 1 is 0.949 bits per heavy atom. The number of rotatable bonds is 7. The van der Waals surface area contributed by atoms with E-state index < -0.39 is 6.09 Å². The molecule has 8 heteroatoms. The molecule has 0 saturated heterocycles. The molecule has 0 radical (unpaired) electrons. The van der Waals surface area contributed by atoms with E-state index in [2.05, 4.69) is 18.2 Å². The van der Waals surface area contributed by atoms with Crippen LogP contribution in [0.2, 0.25) is 5.02 Å². The van der Waals surface area contributed by atoms with Gasteiger partial charge in [0.05, 0.1) is 12.1 Å². The number of carboxylic acid groups (broad SMARTS) is 1.